The van der Waals surface area contributed by atoms with Crippen LogP contribution in [0.4, 0.5) is 0 Å². The highest BCUT2D eigenvalue weighted by Crippen LogP contribution is 2.35. The first-order chi connectivity index (χ1) is 18.6. The Balaban J connectivity index is 1.46. The first kappa shape index (κ1) is 25.8. The van der Waals surface area contributed by atoms with Crippen LogP contribution in [0.5, 0.6) is 5.75 Å². The molecule has 1 heterocycles. The molecule has 0 fully saturated rings. The number of nitrogens with zero attached hydrogens (tertiary/aromatic N) is 1. The molecule has 4 aromatic carbocycles. The van der Waals surface area contributed by atoms with E-state index in [2.05, 4.69) is 108 Å². The molecule has 0 N–H and O–H groups in total. The van der Waals surface area contributed by atoms with Crippen LogP contribution in [-0.4, -0.2) is 24.9 Å². The van der Waals surface area contributed by atoms with Gasteiger partial charge < -0.3 is 9.30 Å². The highest BCUT2D eigenvalue weighted by atomic mass is 17.2. The molecule has 194 valence electrons. The third-order valence-electron chi connectivity index (χ3n) is 7.07. The van der Waals surface area contributed by atoms with Gasteiger partial charge >= 0.3 is 0 Å². The fourth-order valence-electron chi connectivity index (χ4n) is 5.06. The third kappa shape index (κ3) is 5.99. The van der Waals surface area contributed by atoms with Crippen molar-refractivity contribution in [1.29, 1.82) is 0 Å². The summed E-state index contributed by atoms with van der Waals surface area (Å²) < 4.78 is 8.21. The number of benzene rings is 4. The molecule has 0 saturated carbocycles. The minimum Gasteiger partial charge on any atom is -0.491 e. The Morgan fingerprint density at radius 2 is 1.39 bits per heavy atom. The zero-order chi connectivity index (χ0) is 26.3. The monoisotopic (exact) mass is 505 g/mol. The molecule has 0 unspecified atom stereocenters. The number of aromatic nitrogens is 1. The second-order valence-electron chi connectivity index (χ2n) is 9.74. The van der Waals surface area contributed by atoms with E-state index in [4.69, 9.17) is 9.62 Å². The lowest BCUT2D eigenvalue weighted by atomic mass is 10.0. The summed E-state index contributed by atoms with van der Waals surface area (Å²) in [6.07, 6.45) is 2.07. The zero-order valence-corrected chi connectivity index (χ0v) is 22.4. The summed E-state index contributed by atoms with van der Waals surface area (Å²) in [4.78, 5) is 9.50. The normalized spacial score (nSPS) is 11.2. The lowest BCUT2D eigenvalue weighted by Crippen LogP contribution is -2.06. The summed E-state index contributed by atoms with van der Waals surface area (Å²) in [5, 5.41) is 1.32. The molecule has 0 saturated heterocycles. The molecule has 1 aromatic heterocycles. The maximum atomic E-state index is 5.75. The number of aryl methyl sites for hydroxylation is 4. The Morgan fingerprint density at radius 1 is 0.684 bits per heavy atom. The fourth-order valence-corrected chi connectivity index (χ4v) is 5.06. The van der Waals surface area contributed by atoms with Crippen LogP contribution in [-0.2, 0) is 29.2 Å². The summed E-state index contributed by atoms with van der Waals surface area (Å²) in [6.45, 7) is 6.01. The summed E-state index contributed by atoms with van der Waals surface area (Å²) in [5.74, 6) is 0.823. The molecule has 0 aliphatic rings. The van der Waals surface area contributed by atoms with Crippen molar-refractivity contribution in [3.63, 3.8) is 0 Å². The van der Waals surface area contributed by atoms with Crippen LogP contribution >= 0.6 is 0 Å². The minimum atomic E-state index is 0.389. The van der Waals surface area contributed by atoms with E-state index in [9.17, 15) is 0 Å². The van der Waals surface area contributed by atoms with Crippen LogP contribution in [0, 0.1) is 13.8 Å². The van der Waals surface area contributed by atoms with Gasteiger partial charge in [0.1, 0.15) is 19.0 Å². The van der Waals surface area contributed by atoms with Gasteiger partial charge in [0, 0.05) is 17.4 Å². The Labute approximate surface area is 225 Å². The molecule has 0 spiro atoms. The molecule has 4 nitrogen and oxygen atoms in total. The molecule has 38 heavy (non-hydrogen) atoms. The largest absolute Gasteiger partial charge is 0.491 e. The second kappa shape index (κ2) is 12.1. The van der Waals surface area contributed by atoms with Gasteiger partial charge in [0.15, 0.2) is 0 Å². The van der Waals surface area contributed by atoms with Gasteiger partial charge in [-0.2, -0.15) is 0 Å². The van der Waals surface area contributed by atoms with Gasteiger partial charge in [-0.25, -0.2) is 9.78 Å². The first-order valence-electron chi connectivity index (χ1n) is 13.2. The van der Waals surface area contributed by atoms with Crippen molar-refractivity contribution in [2.75, 3.05) is 20.3 Å². The van der Waals surface area contributed by atoms with E-state index in [1.807, 2.05) is 12.1 Å². The van der Waals surface area contributed by atoms with Gasteiger partial charge in [0.05, 0.1) is 12.8 Å². The molecule has 0 bridgehead atoms. The molecular weight excluding hydrogens is 470 g/mol. The Bertz CT molecular complexity index is 1470. The van der Waals surface area contributed by atoms with Crippen LogP contribution < -0.4 is 4.74 Å². The van der Waals surface area contributed by atoms with Gasteiger partial charge in [-0.3, -0.25) is 0 Å². The van der Waals surface area contributed by atoms with Crippen molar-refractivity contribution in [1.82, 2.24) is 4.57 Å². The summed E-state index contributed by atoms with van der Waals surface area (Å²) in [6, 6.07) is 34.9. The average molecular weight is 506 g/mol. The standard InChI is InChI=1S/C34H35NO3/c1-25-9-16-30(17-10-25)34-26(2)32-23-28(12-11-27-7-5-4-6-8-27)15-20-33(32)35(34)24-29-13-18-31(19-14-29)37-21-22-38-36-3/h4-10,13-20,23H,11-12,21-22,24H2,1-3H3. The molecule has 0 aliphatic heterocycles. The minimum absolute atomic E-state index is 0.389. The smallest absolute Gasteiger partial charge is 0.119 e. The summed E-state index contributed by atoms with van der Waals surface area (Å²) in [7, 11) is 1.50. The van der Waals surface area contributed by atoms with E-state index in [0.29, 0.717) is 13.2 Å². The Hall–Kier alpha value is -3.86. The average Bonchev–Trinajstić information content (AvgIpc) is 3.22. The molecule has 0 radical (unpaired) electrons. The third-order valence-corrected chi connectivity index (χ3v) is 7.07. The van der Waals surface area contributed by atoms with Gasteiger partial charge in [-0.1, -0.05) is 78.4 Å². The Kier molecular flexibility index (Phi) is 8.22. The number of hydrogen-bond donors (Lipinski definition) is 0. The lowest BCUT2D eigenvalue weighted by molar-refractivity contribution is -0.274. The van der Waals surface area contributed by atoms with E-state index in [-0.39, 0.29) is 0 Å². The van der Waals surface area contributed by atoms with Crippen molar-refractivity contribution in [2.45, 2.75) is 33.2 Å². The predicted molar refractivity (Wildman–Crippen MR) is 155 cm³/mol. The molecule has 4 heteroatoms. The maximum absolute atomic E-state index is 5.75. The molecular formula is C34H35NO3. The summed E-state index contributed by atoms with van der Waals surface area (Å²) >= 11 is 0. The van der Waals surface area contributed by atoms with Crippen LogP contribution in [0.2, 0.25) is 0 Å². The SMILES string of the molecule is COOCCOc1ccc(Cn2c(-c3ccc(C)cc3)c(C)c3cc(CCc4ccccc4)ccc32)cc1. The van der Waals surface area contributed by atoms with E-state index in [1.54, 1.807) is 0 Å². The lowest BCUT2D eigenvalue weighted by Gasteiger charge is -2.13. The Morgan fingerprint density at radius 3 is 2.13 bits per heavy atom. The van der Waals surface area contributed by atoms with Gasteiger partial charge in [-0.15, -0.1) is 0 Å². The van der Waals surface area contributed by atoms with Crippen molar-refractivity contribution in [3.05, 3.63) is 125 Å². The maximum Gasteiger partial charge on any atom is 0.119 e. The summed E-state index contributed by atoms with van der Waals surface area (Å²) in [5.41, 5.74) is 10.3. The first-order valence-corrected chi connectivity index (χ1v) is 13.2. The predicted octanol–water partition coefficient (Wildman–Crippen LogP) is 7.72. The van der Waals surface area contributed by atoms with Gasteiger partial charge in [0.25, 0.3) is 0 Å². The molecule has 5 rings (SSSR count). The molecule has 0 amide bonds. The van der Waals surface area contributed by atoms with E-state index in [1.165, 1.54) is 57.1 Å². The van der Waals surface area contributed by atoms with Crippen LogP contribution in [0.25, 0.3) is 22.2 Å². The number of fused-ring (bicyclic) bond motifs is 1. The number of ether oxygens (including phenoxy) is 1. The van der Waals surface area contributed by atoms with Crippen molar-refractivity contribution in [3.8, 4) is 17.0 Å². The highest BCUT2D eigenvalue weighted by molar-refractivity contribution is 5.92. The van der Waals surface area contributed by atoms with Gasteiger partial charge in [-0.05, 0) is 78.8 Å². The fraction of sp³-hybridized carbons (Fsp3) is 0.235. The van der Waals surface area contributed by atoms with Crippen molar-refractivity contribution >= 4 is 10.9 Å². The molecule has 0 aliphatic carbocycles. The van der Waals surface area contributed by atoms with Crippen molar-refractivity contribution in [2.24, 2.45) is 0 Å². The number of hydrogen-bond acceptors (Lipinski definition) is 3. The number of rotatable bonds is 11. The van der Waals surface area contributed by atoms with Gasteiger partial charge in [0.2, 0.25) is 0 Å². The van der Waals surface area contributed by atoms with Crippen LogP contribution in [0.1, 0.15) is 27.8 Å². The zero-order valence-electron chi connectivity index (χ0n) is 22.4. The highest BCUT2D eigenvalue weighted by Gasteiger charge is 2.17. The molecule has 0 atom stereocenters. The van der Waals surface area contributed by atoms with E-state index in [0.717, 1.165) is 25.1 Å². The van der Waals surface area contributed by atoms with Crippen LogP contribution in [0.15, 0.2) is 97.1 Å². The molecule has 5 aromatic rings. The van der Waals surface area contributed by atoms with E-state index >= 15 is 0 Å². The topological polar surface area (TPSA) is 32.6 Å². The quantitative estimate of drug-likeness (QED) is 0.105. The van der Waals surface area contributed by atoms with Crippen molar-refractivity contribution < 1.29 is 14.5 Å². The second-order valence-corrected chi connectivity index (χ2v) is 9.74. The van der Waals surface area contributed by atoms with Crippen LogP contribution in [0.3, 0.4) is 0 Å². The van der Waals surface area contributed by atoms with E-state index < -0.39 is 0 Å².